The van der Waals surface area contributed by atoms with E-state index in [1.165, 1.54) is 4.80 Å². The van der Waals surface area contributed by atoms with Gasteiger partial charge in [-0.2, -0.15) is 4.80 Å². The Kier molecular flexibility index (Phi) is 5.13. The van der Waals surface area contributed by atoms with Gasteiger partial charge in [0.1, 0.15) is 6.54 Å². The van der Waals surface area contributed by atoms with E-state index in [0.29, 0.717) is 28.2 Å². The van der Waals surface area contributed by atoms with Crippen LogP contribution in [0.15, 0.2) is 53.4 Å². The number of anilines is 1. The number of carbonyl (C=O) groups is 1. The van der Waals surface area contributed by atoms with Crippen molar-refractivity contribution in [3.63, 3.8) is 0 Å². The largest absolute Gasteiger partial charge is 0.310 e. The monoisotopic (exact) mass is 399 g/mol. The van der Waals surface area contributed by atoms with Gasteiger partial charge in [0, 0.05) is 22.3 Å². The fraction of sp³-hybridized carbons (Fsp3) is 0.263. The smallest absolute Gasteiger partial charge is 0.250 e. The second-order valence-corrected chi connectivity index (χ2v) is 8.24. The second-order valence-electron chi connectivity index (χ2n) is 6.35. The topological polar surface area (TPSA) is 63.9 Å². The molecule has 0 aliphatic carbocycles. The molecule has 0 spiro atoms. The Balaban J connectivity index is 1.56. The highest BCUT2D eigenvalue weighted by molar-refractivity contribution is 8.00. The summed E-state index contributed by atoms with van der Waals surface area (Å²) in [4.78, 5) is 17.2. The number of hydrogen-bond acceptors (Lipinski definition) is 5. The van der Waals surface area contributed by atoms with Crippen LogP contribution in [0.1, 0.15) is 13.3 Å². The average molecular weight is 400 g/mol. The number of tetrazole rings is 1. The lowest BCUT2D eigenvalue weighted by molar-refractivity contribution is -0.119. The Morgan fingerprint density at radius 3 is 2.85 bits per heavy atom. The molecule has 4 rings (SSSR count). The molecule has 1 aliphatic rings. The van der Waals surface area contributed by atoms with Crippen molar-refractivity contribution in [2.24, 2.45) is 0 Å². The molecule has 27 heavy (non-hydrogen) atoms. The van der Waals surface area contributed by atoms with Gasteiger partial charge >= 0.3 is 0 Å². The molecule has 1 aliphatic heterocycles. The van der Waals surface area contributed by atoms with Gasteiger partial charge in [0.2, 0.25) is 5.82 Å². The molecule has 6 nitrogen and oxygen atoms in total. The van der Waals surface area contributed by atoms with Crippen molar-refractivity contribution in [1.82, 2.24) is 20.2 Å². The van der Waals surface area contributed by atoms with E-state index in [4.69, 9.17) is 11.6 Å². The summed E-state index contributed by atoms with van der Waals surface area (Å²) in [5, 5.41) is 13.4. The highest BCUT2D eigenvalue weighted by atomic mass is 35.5. The Morgan fingerprint density at radius 2 is 2.00 bits per heavy atom. The third kappa shape index (κ3) is 3.84. The van der Waals surface area contributed by atoms with Gasteiger partial charge in [0.15, 0.2) is 0 Å². The van der Waals surface area contributed by atoms with Gasteiger partial charge in [-0.15, -0.1) is 22.0 Å². The molecule has 1 amide bonds. The van der Waals surface area contributed by atoms with Crippen LogP contribution in [0.2, 0.25) is 5.02 Å². The minimum absolute atomic E-state index is 0.0326. The number of thioether (sulfide) groups is 1. The second kappa shape index (κ2) is 7.70. The SMILES string of the molecule is C[C@H]1CCN(C(=O)Cn2nnc(-c3ccccc3Cl)n2)c2ccccc2S1. The van der Waals surface area contributed by atoms with Crippen LogP contribution in [0.3, 0.4) is 0 Å². The Labute approximate surface area is 166 Å². The number of aromatic nitrogens is 4. The summed E-state index contributed by atoms with van der Waals surface area (Å²) in [6.07, 6.45) is 0.931. The van der Waals surface area contributed by atoms with E-state index in [1.54, 1.807) is 17.8 Å². The molecular weight excluding hydrogens is 382 g/mol. The Bertz CT molecular complexity index is 976. The standard InChI is InChI=1S/C19H18ClN5OS/c1-13-10-11-24(16-8-4-5-9-17(16)27-13)18(26)12-25-22-19(21-23-25)14-6-2-3-7-15(14)20/h2-9,13H,10-12H2,1H3/t13-/m0/s1. The van der Waals surface area contributed by atoms with Crippen LogP contribution in [-0.2, 0) is 11.3 Å². The van der Waals surface area contributed by atoms with E-state index < -0.39 is 0 Å². The summed E-state index contributed by atoms with van der Waals surface area (Å²) in [5.41, 5.74) is 1.64. The van der Waals surface area contributed by atoms with Crippen LogP contribution in [0.5, 0.6) is 0 Å². The van der Waals surface area contributed by atoms with E-state index in [0.717, 1.165) is 17.0 Å². The molecule has 1 aromatic heterocycles. The van der Waals surface area contributed by atoms with Gasteiger partial charge in [-0.25, -0.2) is 0 Å². The van der Waals surface area contributed by atoms with E-state index in [9.17, 15) is 4.79 Å². The molecule has 0 N–H and O–H groups in total. The van der Waals surface area contributed by atoms with Crippen LogP contribution >= 0.6 is 23.4 Å². The van der Waals surface area contributed by atoms with E-state index >= 15 is 0 Å². The first-order valence-electron chi connectivity index (χ1n) is 8.70. The first kappa shape index (κ1) is 18.0. The normalized spacial score (nSPS) is 16.7. The van der Waals surface area contributed by atoms with Crippen LogP contribution in [0, 0.1) is 0 Å². The maximum atomic E-state index is 13.0. The molecule has 2 heterocycles. The van der Waals surface area contributed by atoms with Crippen LogP contribution in [0.4, 0.5) is 5.69 Å². The molecule has 0 saturated heterocycles. The number of hydrogen-bond donors (Lipinski definition) is 0. The highest BCUT2D eigenvalue weighted by Gasteiger charge is 2.25. The summed E-state index contributed by atoms with van der Waals surface area (Å²) < 4.78 is 0. The van der Waals surface area contributed by atoms with Gasteiger partial charge in [-0.3, -0.25) is 4.79 Å². The van der Waals surface area contributed by atoms with Crippen LogP contribution in [-0.4, -0.2) is 37.9 Å². The maximum Gasteiger partial charge on any atom is 0.250 e. The number of nitrogens with zero attached hydrogens (tertiary/aromatic N) is 5. The third-order valence-corrected chi connectivity index (χ3v) is 5.96. The van der Waals surface area contributed by atoms with Crippen LogP contribution < -0.4 is 4.90 Å². The fourth-order valence-electron chi connectivity index (χ4n) is 3.01. The lowest BCUT2D eigenvalue weighted by atomic mass is 10.2. The first-order valence-corrected chi connectivity index (χ1v) is 9.96. The van der Waals surface area contributed by atoms with Gasteiger partial charge in [0.25, 0.3) is 5.91 Å². The summed E-state index contributed by atoms with van der Waals surface area (Å²) in [5.74, 6) is 0.356. The Hall–Kier alpha value is -2.38. The zero-order valence-electron chi connectivity index (χ0n) is 14.7. The first-order chi connectivity index (χ1) is 13.1. The molecule has 138 valence electrons. The zero-order valence-corrected chi connectivity index (χ0v) is 16.3. The van der Waals surface area contributed by atoms with Gasteiger partial charge in [-0.1, -0.05) is 42.8 Å². The van der Waals surface area contributed by atoms with Crippen molar-refractivity contribution < 1.29 is 4.79 Å². The van der Waals surface area contributed by atoms with Crippen molar-refractivity contribution in [1.29, 1.82) is 0 Å². The molecule has 2 aromatic carbocycles. The number of halogens is 1. The lowest BCUT2D eigenvalue weighted by Crippen LogP contribution is -2.35. The molecule has 0 bridgehead atoms. The average Bonchev–Trinajstić information content (AvgIpc) is 3.04. The van der Waals surface area contributed by atoms with E-state index in [1.807, 2.05) is 41.3 Å². The van der Waals surface area contributed by atoms with Crippen molar-refractivity contribution >= 4 is 35.0 Å². The third-order valence-electron chi connectivity index (χ3n) is 4.39. The molecule has 0 saturated carbocycles. The van der Waals surface area contributed by atoms with E-state index in [2.05, 4.69) is 28.4 Å². The fourth-order valence-corrected chi connectivity index (χ4v) is 4.35. The molecule has 1 atom stereocenters. The van der Waals surface area contributed by atoms with E-state index in [-0.39, 0.29) is 12.5 Å². The molecule has 3 aromatic rings. The predicted molar refractivity (Wildman–Crippen MR) is 107 cm³/mol. The minimum Gasteiger partial charge on any atom is -0.310 e. The quantitative estimate of drug-likeness (QED) is 0.668. The molecule has 8 heteroatoms. The maximum absolute atomic E-state index is 13.0. The number of amides is 1. The summed E-state index contributed by atoms with van der Waals surface area (Å²) in [6.45, 7) is 2.89. The summed E-state index contributed by atoms with van der Waals surface area (Å²) in [6, 6.07) is 15.3. The van der Waals surface area contributed by atoms with Crippen molar-refractivity contribution in [2.75, 3.05) is 11.4 Å². The Morgan fingerprint density at radius 1 is 1.22 bits per heavy atom. The lowest BCUT2D eigenvalue weighted by Gasteiger charge is -2.22. The summed E-state index contributed by atoms with van der Waals surface area (Å²) >= 11 is 7.99. The molecule has 0 radical (unpaired) electrons. The number of fused-ring (bicyclic) bond motifs is 1. The van der Waals surface area contributed by atoms with Crippen molar-refractivity contribution in [3.05, 3.63) is 53.6 Å². The zero-order chi connectivity index (χ0) is 18.8. The van der Waals surface area contributed by atoms with Gasteiger partial charge < -0.3 is 4.90 Å². The minimum atomic E-state index is -0.0553. The number of carbonyl (C=O) groups excluding carboxylic acids is 1. The highest BCUT2D eigenvalue weighted by Crippen LogP contribution is 2.37. The summed E-state index contributed by atoms with van der Waals surface area (Å²) in [7, 11) is 0. The number of rotatable bonds is 3. The number of benzene rings is 2. The van der Waals surface area contributed by atoms with Crippen molar-refractivity contribution in [2.45, 2.75) is 30.0 Å². The predicted octanol–water partition coefficient (Wildman–Crippen LogP) is 3.91. The van der Waals surface area contributed by atoms with Crippen molar-refractivity contribution in [3.8, 4) is 11.4 Å². The molecule has 0 fully saturated rings. The van der Waals surface area contributed by atoms with Gasteiger partial charge in [0.05, 0.1) is 10.7 Å². The molecule has 0 unspecified atom stereocenters. The van der Waals surface area contributed by atoms with Crippen LogP contribution in [0.25, 0.3) is 11.4 Å². The van der Waals surface area contributed by atoms with Gasteiger partial charge in [-0.05, 0) is 35.9 Å². The molecular formula is C19H18ClN5OS. The number of para-hydroxylation sites is 1.